The minimum Gasteiger partial charge on any atom is -0.490 e. The normalized spacial score (nSPS) is 15.5. The highest BCUT2D eigenvalue weighted by Crippen LogP contribution is 2.46. The molecule has 2 aromatic rings. The van der Waals surface area contributed by atoms with E-state index in [2.05, 4.69) is 19.9 Å². The number of anilines is 1. The molecule has 0 bridgehead atoms. The number of hydrogen-bond acceptors (Lipinski definition) is 6. The van der Waals surface area contributed by atoms with Crippen LogP contribution in [0.1, 0.15) is 43.6 Å². The van der Waals surface area contributed by atoms with Crippen molar-refractivity contribution >= 4 is 17.4 Å². The predicted octanol–water partition coefficient (Wildman–Crippen LogP) is 4.52. The molecule has 0 N–H and O–H groups in total. The Balaban J connectivity index is 1.70. The van der Waals surface area contributed by atoms with E-state index in [1.807, 2.05) is 44.0 Å². The molecule has 0 unspecified atom stereocenters. The van der Waals surface area contributed by atoms with Gasteiger partial charge in [-0.15, -0.1) is 0 Å². The zero-order valence-electron chi connectivity index (χ0n) is 18.7. The van der Waals surface area contributed by atoms with Crippen LogP contribution in [0.5, 0.6) is 11.5 Å². The summed E-state index contributed by atoms with van der Waals surface area (Å²) >= 11 is 0. The van der Waals surface area contributed by atoms with Crippen LogP contribution in [0, 0.1) is 0 Å². The lowest BCUT2D eigenvalue weighted by molar-refractivity contribution is -0.117. The summed E-state index contributed by atoms with van der Waals surface area (Å²) in [6, 6.07) is 12.9. The number of benzene rings is 2. The fraction of sp³-hybridized carbons (Fsp3) is 0.360. The van der Waals surface area contributed by atoms with Gasteiger partial charge in [-0.2, -0.15) is 0 Å². The molecular formula is C25H29NO5. The third kappa shape index (κ3) is 4.58. The lowest BCUT2D eigenvalue weighted by Crippen LogP contribution is -2.25. The molecule has 0 radical (unpaired) electrons. The van der Waals surface area contributed by atoms with Crippen molar-refractivity contribution in [2.75, 3.05) is 31.8 Å². The lowest BCUT2D eigenvalue weighted by atomic mass is 9.83. The van der Waals surface area contributed by atoms with Gasteiger partial charge in [-0.3, -0.25) is 4.79 Å². The second-order valence-electron chi connectivity index (χ2n) is 7.80. The molecule has 0 aliphatic carbocycles. The van der Waals surface area contributed by atoms with Crippen LogP contribution in [-0.2, 0) is 14.9 Å². The van der Waals surface area contributed by atoms with E-state index in [9.17, 15) is 9.59 Å². The van der Waals surface area contributed by atoms with Crippen molar-refractivity contribution in [2.45, 2.75) is 33.1 Å². The summed E-state index contributed by atoms with van der Waals surface area (Å²) in [5.41, 5.74) is 3.09. The summed E-state index contributed by atoms with van der Waals surface area (Å²) in [6.07, 6.45) is 1.57. The molecule has 164 valence electrons. The standard InChI is InChI=1S/C25H29NO5/c1-6-29-21-13-12-17(14-22(21)30-7-2)24(28)31-16-18(27)15-23-25(3,4)19-10-8-9-11-20(19)26(23)5/h8-15H,6-7,16H2,1-5H3/b23-15+. The number of nitrogens with zero attached hydrogens (tertiary/aromatic N) is 1. The molecule has 1 heterocycles. The monoisotopic (exact) mass is 423 g/mol. The lowest BCUT2D eigenvalue weighted by Gasteiger charge is -2.23. The first kappa shape index (κ1) is 22.4. The van der Waals surface area contributed by atoms with Crippen LogP contribution in [0.2, 0.25) is 0 Å². The summed E-state index contributed by atoms with van der Waals surface area (Å²) in [6.45, 7) is 8.48. The van der Waals surface area contributed by atoms with E-state index in [0.29, 0.717) is 30.3 Å². The summed E-state index contributed by atoms with van der Waals surface area (Å²) in [5.74, 6) is 0.178. The zero-order valence-corrected chi connectivity index (χ0v) is 18.7. The number of carbonyl (C=O) groups is 2. The first-order valence-electron chi connectivity index (χ1n) is 10.4. The second-order valence-corrected chi connectivity index (χ2v) is 7.80. The minimum atomic E-state index is -0.585. The number of likely N-dealkylation sites (N-methyl/N-ethyl adjacent to an activating group) is 1. The zero-order chi connectivity index (χ0) is 22.6. The smallest absolute Gasteiger partial charge is 0.338 e. The highest BCUT2D eigenvalue weighted by molar-refractivity contribution is 5.96. The maximum absolute atomic E-state index is 12.6. The van der Waals surface area contributed by atoms with Crippen molar-refractivity contribution in [1.82, 2.24) is 0 Å². The summed E-state index contributed by atoms with van der Waals surface area (Å²) < 4.78 is 16.3. The number of ether oxygens (including phenoxy) is 3. The summed E-state index contributed by atoms with van der Waals surface area (Å²) in [5, 5.41) is 0. The van der Waals surface area contributed by atoms with Gasteiger partial charge in [0.05, 0.1) is 18.8 Å². The molecular weight excluding hydrogens is 394 g/mol. The van der Waals surface area contributed by atoms with Crippen LogP contribution in [0.25, 0.3) is 0 Å². The van der Waals surface area contributed by atoms with Gasteiger partial charge in [0.25, 0.3) is 0 Å². The van der Waals surface area contributed by atoms with Gasteiger partial charge in [0.1, 0.15) is 0 Å². The van der Waals surface area contributed by atoms with Gasteiger partial charge in [0.15, 0.2) is 23.9 Å². The average Bonchev–Trinajstić information content (AvgIpc) is 2.94. The average molecular weight is 424 g/mol. The van der Waals surface area contributed by atoms with E-state index < -0.39 is 5.97 Å². The highest BCUT2D eigenvalue weighted by Gasteiger charge is 2.38. The molecule has 1 aliphatic rings. The van der Waals surface area contributed by atoms with Crippen molar-refractivity contribution in [3.8, 4) is 11.5 Å². The molecule has 0 fully saturated rings. The van der Waals surface area contributed by atoms with Crippen molar-refractivity contribution in [2.24, 2.45) is 0 Å². The van der Waals surface area contributed by atoms with Crippen LogP contribution in [0.3, 0.4) is 0 Å². The van der Waals surface area contributed by atoms with E-state index in [1.165, 1.54) is 0 Å². The van der Waals surface area contributed by atoms with E-state index in [-0.39, 0.29) is 17.8 Å². The molecule has 1 aliphatic heterocycles. The molecule has 0 saturated carbocycles. The van der Waals surface area contributed by atoms with Crippen LogP contribution in [-0.4, -0.2) is 38.6 Å². The van der Waals surface area contributed by atoms with Crippen LogP contribution < -0.4 is 14.4 Å². The molecule has 31 heavy (non-hydrogen) atoms. The third-order valence-electron chi connectivity index (χ3n) is 5.36. The number of ketones is 1. The molecule has 0 amide bonds. The van der Waals surface area contributed by atoms with Crippen molar-refractivity contribution < 1.29 is 23.8 Å². The molecule has 0 saturated heterocycles. The van der Waals surface area contributed by atoms with Crippen molar-refractivity contribution in [3.63, 3.8) is 0 Å². The van der Waals surface area contributed by atoms with Crippen LogP contribution in [0.15, 0.2) is 54.2 Å². The largest absolute Gasteiger partial charge is 0.490 e. The van der Waals surface area contributed by atoms with Crippen LogP contribution in [0.4, 0.5) is 5.69 Å². The summed E-state index contributed by atoms with van der Waals surface area (Å²) in [4.78, 5) is 27.1. The Labute approximate surface area is 183 Å². The SMILES string of the molecule is CCOc1ccc(C(=O)OCC(=O)/C=C2/N(C)c3ccccc3C2(C)C)cc1OCC. The topological polar surface area (TPSA) is 65.1 Å². The Kier molecular flexibility index (Phi) is 6.68. The molecule has 2 aromatic carbocycles. The molecule has 6 heteroatoms. The maximum Gasteiger partial charge on any atom is 0.338 e. The van der Waals surface area contributed by atoms with E-state index in [4.69, 9.17) is 14.2 Å². The Hall–Kier alpha value is -3.28. The van der Waals surface area contributed by atoms with Crippen LogP contribution >= 0.6 is 0 Å². The van der Waals surface area contributed by atoms with Gasteiger partial charge >= 0.3 is 5.97 Å². The minimum absolute atomic E-state index is 0.271. The molecule has 0 spiro atoms. The Morgan fingerprint density at radius 2 is 1.68 bits per heavy atom. The van der Waals surface area contributed by atoms with Gasteiger partial charge in [-0.05, 0) is 43.7 Å². The van der Waals surface area contributed by atoms with E-state index in [1.54, 1.807) is 24.3 Å². The first-order chi connectivity index (χ1) is 14.8. The number of rotatable bonds is 8. The maximum atomic E-state index is 12.6. The van der Waals surface area contributed by atoms with E-state index in [0.717, 1.165) is 16.9 Å². The number of carbonyl (C=O) groups excluding carboxylic acids is 2. The molecule has 0 atom stereocenters. The number of fused-ring (bicyclic) bond motifs is 1. The van der Waals surface area contributed by atoms with Gasteiger partial charge in [0, 0.05) is 29.9 Å². The first-order valence-corrected chi connectivity index (χ1v) is 10.4. The Bertz CT molecular complexity index is 1010. The van der Waals surface area contributed by atoms with E-state index >= 15 is 0 Å². The van der Waals surface area contributed by atoms with Crippen molar-refractivity contribution in [3.05, 3.63) is 65.4 Å². The molecule has 6 nitrogen and oxygen atoms in total. The van der Waals surface area contributed by atoms with Gasteiger partial charge in [0.2, 0.25) is 0 Å². The highest BCUT2D eigenvalue weighted by atomic mass is 16.5. The molecule has 0 aromatic heterocycles. The summed E-state index contributed by atoms with van der Waals surface area (Å²) in [7, 11) is 1.94. The Morgan fingerprint density at radius 3 is 2.35 bits per heavy atom. The van der Waals surface area contributed by atoms with Gasteiger partial charge in [-0.1, -0.05) is 32.0 Å². The fourth-order valence-corrected chi connectivity index (χ4v) is 3.85. The second kappa shape index (κ2) is 9.25. The number of allylic oxidation sites excluding steroid dienone is 1. The predicted molar refractivity (Wildman–Crippen MR) is 120 cm³/mol. The van der Waals surface area contributed by atoms with Gasteiger partial charge < -0.3 is 19.1 Å². The quantitative estimate of drug-likeness (QED) is 0.459. The number of para-hydroxylation sites is 1. The number of esters is 1. The molecule has 3 rings (SSSR count). The fourth-order valence-electron chi connectivity index (χ4n) is 3.85. The number of hydrogen-bond donors (Lipinski definition) is 0. The Morgan fingerprint density at radius 1 is 1.00 bits per heavy atom. The van der Waals surface area contributed by atoms with Crippen molar-refractivity contribution in [1.29, 1.82) is 0 Å². The van der Waals surface area contributed by atoms with Gasteiger partial charge in [-0.25, -0.2) is 4.79 Å². The third-order valence-corrected chi connectivity index (χ3v) is 5.36.